The molecule has 26 heavy (non-hydrogen) atoms. The molecule has 0 spiro atoms. The van der Waals surface area contributed by atoms with Gasteiger partial charge < -0.3 is 4.84 Å². The van der Waals surface area contributed by atoms with Crippen molar-refractivity contribution in [3.63, 3.8) is 0 Å². The summed E-state index contributed by atoms with van der Waals surface area (Å²) in [7, 11) is 0. The number of carbonyl (C=O) groups excluding carboxylic acids is 1. The van der Waals surface area contributed by atoms with Crippen LogP contribution in [0.2, 0.25) is 0 Å². The molecule has 0 aliphatic heterocycles. The Morgan fingerprint density at radius 2 is 2.08 bits per heavy atom. The molecule has 0 fully saturated rings. The molecule has 0 radical (unpaired) electrons. The Labute approximate surface area is 151 Å². The van der Waals surface area contributed by atoms with Crippen LogP contribution in [0.1, 0.15) is 19.4 Å². The lowest BCUT2D eigenvalue weighted by molar-refractivity contribution is 0.175. The van der Waals surface area contributed by atoms with Gasteiger partial charge in [0.1, 0.15) is 11.6 Å². The SMILES string of the molecule is C/C=C(/NC(=O)Nc1ccccn1)ON=NC(C)Cc1ccc(F)cc1. The predicted molar refractivity (Wildman–Crippen MR) is 95.7 cm³/mol. The van der Waals surface area contributed by atoms with Crippen LogP contribution in [0.25, 0.3) is 0 Å². The molecule has 1 heterocycles. The maximum atomic E-state index is 12.9. The molecular weight excluding hydrogens is 337 g/mol. The van der Waals surface area contributed by atoms with Gasteiger partial charge in [-0.1, -0.05) is 18.2 Å². The lowest BCUT2D eigenvalue weighted by Crippen LogP contribution is -2.28. The van der Waals surface area contributed by atoms with Crippen LogP contribution in [0.4, 0.5) is 15.0 Å². The van der Waals surface area contributed by atoms with Crippen LogP contribution in [0, 0.1) is 5.82 Å². The number of carbonyl (C=O) groups is 1. The van der Waals surface area contributed by atoms with Gasteiger partial charge in [0.15, 0.2) is 0 Å². The van der Waals surface area contributed by atoms with E-state index in [9.17, 15) is 9.18 Å². The van der Waals surface area contributed by atoms with Gasteiger partial charge in [0.2, 0.25) is 5.88 Å². The van der Waals surface area contributed by atoms with Crippen molar-refractivity contribution in [3.05, 3.63) is 72.0 Å². The van der Waals surface area contributed by atoms with Crippen LogP contribution in [0.15, 0.2) is 71.0 Å². The fourth-order valence-corrected chi connectivity index (χ4v) is 1.99. The maximum absolute atomic E-state index is 12.9. The van der Waals surface area contributed by atoms with Gasteiger partial charge in [-0.25, -0.2) is 14.2 Å². The summed E-state index contributed by atoms with van der Waals surface area (Å²) < 4.78 is 12.9. The lowest BCUT2D eigenvalue weighted by Gasteiger charge is -2.08. The molecule has 0 aliphatic rings. The van der Waals surface area contributed by atoms with E-state index in [1.807, 2.05) is 6.92 Å². The van der Waals surface area contributed by atoms with E-state index in [1.165, 1.54) is 12.1 Å². The molecule has 1 aromatic carbocycles. The topological polar surface area (TPSA) is 88.0 Å². The number of nitrogens with zero attached hydrogens (tertiary/aromatic N) is 3. The fraction of sp³-hybridized carbons (Fsp3) is 0.222. The van der Waals surface area contributed by atoms with Crippen molar-refractivity contribution >= 4 is 11.8 Å². The normalized spacial score (nSPS) is 12.7. The molecule has 0 aliphatic carbocycles. The molecule has 1 aromatic heterocycles. The number of hydrogen-bond acceptors (Lipinski definition) is 5. The van der Waals surface area contributed by atoms with Crippen LogP contribution in [0.3, 0.4) is 0 Å². The summed E-state index contributed by atoms with van der Waals surface area (Å²) in [6, 6.07) is 10.7. The highest BCUT2D eigenvalue weighted by atomic mass is 19.1. The third-order valence-corrected chi connectivity index (χ3v) is 3.23. The first-order chi connectivity index (χ1) is 12.6. The number of halogens is 1. The Bertz CT molecular complexity index is 763. The van der Waals surface area contributed by atoms with E-state index in [0.29, 0.717) is 12.2 Å². The standard InChI is InChI=1S/C18H20FN5O2/c1-3-17(22-18(25)21-16-6-4-5-11-20-16)26-24-23-13(2)12-14-7-9-15(19)10-8-14/h3-11,13H,12H2,1-2H3,(H2,20,21,22,25)/b17-3-,24-23?. The smallest absolute Gasteiger partial charge is 0.321 e. The second-order valence-corrected chi connectivity index (χ2v) is 5.42. The van der Waals surface area contributed by atoms with E-state index in [-0.39, 0.29) is 17.7 Å². The van der Waals surface area contributed by atoms with Gasteiger partial charge in [0, 0.05) is 11.5 Å². The summed E-state index contributed by atoms with van der Waals surface area (Å²) in [5, 5.41) is 12.7. The number of anilines is 1. The van der Waals surface area contributed by atoms with Gasteiger partial charge in [-0.05, 0) is 56.2 Å². The van der Waals surface area contributed by atoms with Gasteiger partial charge >= 0.3 is 6.03 Å². The van der Waals surface area contributed by atoms with Crippen molar-refractivity contribution in [1.82, 2.24) is 10.3 Å². The van der Waals surface area contributed by atoms with Crippen molar-refractivity contribution in [3.8, 4) is 0 Å². The second-order valence-electron chi connectivity index (χ2n) is 5.42. The Morgan fingerprint density at radius 3 is 2.73 bits per heavy atom. The number of pyridine rings is 1. The van der Waals surface area contributed by atoms with Crippen molar-refractivity contribution in [2.24, 2.45) is 10.4 Å². The van der Waals surface area contributed by atoms with E-state index < -0.39 is 6.03 Å². The van der Waals surface area contributed by atoms with Gasteiger partial charge in [0.05, 0.1) is 6.04 Å². The van der Waals surface area contributed by atoms with Crippen molar-refractivity contribution in [2.75, 3.05) is 5.32 Å². The minimum absolute atomic E-state index is 0.135. The Kier molecular flexibility index (Phi) is 7.23. The van der Waals surface area contributed by atoms with E-state index in [4.69, 9.17) is 4.84 Å². The molecule has 2 amide bonds. The van der Waals surface area contributed by atoms with Crippen molar-refractivity contribution in [2.45, 2.75) is 26.3 Å². The van der Waals surface area contributed by atoms with Gasteiger partial charge in [-0.2, -0.15) is 0 Å². The van der Waals surface area contributed by atoms with E-state index in [0.717, 1.165) is 5.56 Å². The highest BCUT2D eigenvalue weighted by Crippen LogP contribution is 2.08. The molecule has 2 rings (SSSR count). The number of hydrogen-bond donors (Lipinski definition) is 2. The Morgan fingerprint density at radius 1 is 1.31 bits per heavy atom. The molecule has 1 unspecified atom stereocenters. The first-order valence-corrected chi connectivity index (χ1v) is 8.04. The summed E-state index contributed by atoms with van der Waals surface area (Å²) in [6.07, 6.45) is 3.70. The summed E-state index contributed by atoms with van der Waals surface area (Å²) in [5.74, 6) is 0.269. The van der Waals surface area contributed by atoms with Crippen LogP contribution < -0.4 is 10.6 Å². The zero-order valence-corrected chi connectivity index (χ0v) is 14.5. The first kappa shape index (κ1) is 19.0. The molecule has 1 atom stereocenters. The molecule has 2 N–H and O–H groups in total. The van der Waals surface area contributed by atoms with Crippen LogP contribution >= 0.6 is 0 Å². The van der Waals surface area contributed by atoms with Crippen LogP contribution in [-0.4, -0.2) is 17.1 Å². The number of benzene rings is 1. The zero-order valence-electron chi connectivity index (χ0n) is 14.5. The first-order valence-electron chi connectivity index (χ1n) is 8.04. The number of amides is 2. The Balaban J connectivity index is 1.79. The van der Waals surface area contributed by atoms with Gasteiger partial charge in [-0.15, -0.1) is 5.11 Å². The number of urea groups is 1. The zero-order chi connectivity index (χ0) is 18.8. The molecule has 7 nitrogen and oxygen atoms in total. The number of nitrogens with one attached hydrogen (secondary N) is 2. The minimum atomic E-state index is -0.508. The molecule has 8 heteroatoms. The van der Waals surface area contributed by atoms with Crippen molar-refractivity contribution < 1.29 is 14.0 Å². The highest BCUT2D eigenvalue weighted by molar-refractivity contribution is 5.89. The van der Waals surface area contributed by atoms with Gasteiger partial charge in [0.25, 0.3) is 0 Å². The summed E-state index contributed by atoms with van der Waals surface area (Å²) in [4.78, 5) is 20.9. The summed E-state index contributed by atoms with van der Waals surface area (Å²) in [5.41, 5.74) is 0.942. The third-order valence-electron chi connectivity index (χ3n) is 3.23. The maximum Gasteiger partial charge on any atom is 0.327 e. The van der Waals surface area contributed by atoms with Crippen LogP contribution in [0.5, 0.6) is 0 Å². The minimum Gasteiger partial charge on any atom is -0.321 e. The molecule has 0 saturated heterocycles. The quantitative estimate of drug-likeness (QED) is 0.442. The average Bonchev–Trinajstić information content (AvgIpc) is 2.63. The molecular formula is C18H20FN5O2. The Hall–Kier alpha value is -3.29. The number of aromatic nitrogens is 1. The predicted octanol–water partition coefficient (Wildman–Crippen LogP) is 4.22. The fourth-order valence-electron chi connectivity index (χ4n) is 1.99. The van der Waals surface area contributed by atoms with E-state index in [1.54, 1.807) is 49.5 Å². The molecule has 2 aromatic rings. The van der Waals surface area contributed by atoms with Crippen molar-refractivity contribution in [1.29, 1.82) is 0 Å². The van der Waals surface area contributed by atoms with Gasteiger partial charge in [-0.3, -0.25) is 10.6 Å². The largest absolute Gasteiger partial charge is 0.327 e. The lowest BCUT2D eigenvalue weighted by atomic mass is 10.1. The molecule has 136 valence electrons. The van der Waals surface area contributed by atoms with E-state index in [2.05, 4.69) is 26.0 Å². The molecule has 0 saturated carbocycles. The third kappa shape index (κ3) is 6.68. The van der Waals surface area contributed by atoms with Crippen LogP contribution in [-0.2, 0) is 11.3 Å². The monoisotopic (exact) mass is 357 g/mol. The molecule has 0 bridgehead atoms. The number of rotatable bonds is 7. The number of allylic oxidation sites excluding steroid dienone is 1. The average molecular weight is 357 g/mol. The summed E-state index contributed by atoms with van der Waals surface area (Å²) in [6.45, 7) is 3.54. The second kappa shape index (κ2) is 9.87. The summed E-state index contributed by atoms with van der Waals surface area (Å²) >= 11 is 0. The highest BCUT2D eigenvalue weighted by Gasteiger charge is 2.07. The van der Waals surface area contributed by atoms with E-state index >= 15 is 0 Å².